The molecule has 3 aliphatic heterocycles. The molecule has 1 fully saturated rings. The molecule has 0 bridgehead atoms. The zero-order chi connectivity index (χ0) is 20.8. The van der Waals surface area contributed by atoms with Crippen molar-refractivity contribution in [3.8, 4) is 0 Å². The fourth-order valence-corrected chi connectivity index (χ4v) is 5.83. The summed E-state index contributed by atoms with van der Waals surface area (Å²) in [5.74, 6) is 0.359. The van der Waals surface area contributed by atoms with Gasteiger partial charge in [-0.2, -0.15) is 0 Å². The number of carbonyl (C=O) groups is 1. The van der Waals surface area contributed by atoms with Gasteiger partial charge in [-0.05, 0) is 62.2 Å². The summed E-state index contributed by atoms with van der Waals surface area (Å²) in [5, 5.41) is 0. The van der Waals surface area contributed by atoms with Crippen molar-refractivity contribution in [3.05, 3.63) is 59.4 Å². The van der Waals surface area contributed by atoms with E-state index in [1.165, 1.54) is 35.5 Å². The molecule has 2 aromatic rings. The van der Waals surface area contributed by atoms with Crippen molar-refractivity contribution in [2.45, 2.75) is 44.2 Å². The van der Waals surface area contributed by atoms with Crippen molar-refractivity contribution in [3.63, 3.8) is 0 Å². The van der Waals surface area contributed by atoms with E-state index in [4.69, 9.17) is 0 Å². The molecule has 0 aliphatic carbocycles. The predicted octanol–water partition coefficient (Wildman–Crippen LogP) is 4.31. The number of Topliss-reactive ketones (excluding diaryl/α,β-unsaturated/α-hetero) is 1. The number of ketones is 1. The smallest absolute Gasteiger partial charge is 0.162 e. The van der Waals surface area contributed by atoms with E-state index in [0.29, 0.717) is 30.0 Å². The Morgan fingerprint density at radius 1 is 1.13 bits per heavy atom. The number of para-hydroxylation sites is 1. The molecule has 0 N–H and O–H groups in total. The average Bonchev–Trinajstić information content (AvgIpc) is 3.07. The van der Waals surface area contributed by atoms with Gasteiger partial charge in [0.25, 0.3) is 0 Å². The van der Waals surface area contributed by atoms with Crippen LogP contribution in [0.15, 0.2) is 42.5 Å². The van der Waals surface area contributed by atoms with Crippen molar-refractivity contribution in [1.29, 1.82) is 0 Å². The normalized spacial score (nSPS) is 25.2. The molecular weight excluding hydrogens is 377 g/mol. The van der Waals surface area contributed by atoms with Gasteiger partial charge in [-0.25, -0.2) is 4.39 Å². The first-order chi connectivity index (χ1) is 14.5. The summed E-state index contributed by atoms with van der Waals surface area (Å²) in [4.78, 5) is 20.0. The fraction of sp³-hybridized carbons (Fsp3) is 0.480. The zero-order valence-corrected chi connectivity index (χ0v) is 17.9. The molecule has 0 saturated carbocycles. The number of carbonyl (C=O) groups excluding carboxylic acids is 1. The highest BCUT2D eigenvalue weighted by Crippen LogP contribution is 2.51. The third kappa shape index (κ3) is 3.29. The van der Waals surface area contributed by atoms with Gasteiger partial charge in [-0.15, -0.1) is 0 Å². The summed E-state index contributed by atoms with van der Waals surface area (Å²) in [5.41, 5.74) is 4.95. The Morgan fingerprint density at radius 2 is 1.93 bits per heavy atom. The first kappa shape index (κ1) is 19.6. The molecule has 4 nitrogen and oxygen atoms in total. The van der Waals surface area contributed by atoms with Crippen LogP contribution in [-0.4, -0.2) is 56.0 Å². The second-order valence-corrected chi connectivity index (χ2v) is 9.15. The highest BCUT2D eigenvalue weighted by atomic mass is 19.1. The van der Waals surface area contributed by atoms with Gasteiger partial charge in [0.05, 0.1) is 11.4 Å². The van der Waals surface area contributed by atoms with Gasteiger partial charge in [-0.1, -0.05) is 12.1 Å². The lowest BCUT2D eigenvalue weighted by molar-refractivity contribution is 0.0971. The molecule has 0 amide bonds. The van der Waals surface area contributed by atoms with Crippen molar-refractivity contribution in [1.82, 2.24) is 4.90 Å². The number of anilines is 2. The average molecular weight is 408 g/mol. The number of hydrogen-bond donors (Lipinski definition) is 0. The maximum Gasteiger partial charge on any atom is 0.162 e. The molecule has 5 heteroatoms. The number of likely N-dealkylation sites (tertiary alicyclic amines) is 1. The summed E-state index contributed by atoms with van der Waals surface area (Å²) < 4.78 is 13.1. The summed E-state index contributed by atoms with van der Waals surface area (Å²) in [7, 11) is 2.20. The summed E-state index contributed by atoms with van der Waals surface area (Å²) in [6.45, 7) is 6.54. The van der Waals surface area contributed by atoms with Crippen LogP contribution < -0.4 is 9.80 Å². The van der Waals surface area contributed by atoms with E-state index in [0.717, 1.165) is 32.6 Å². The molecule has 5 rings (SSSR count). The lowest BCUT2D eigenvalue weighted by Gasteiger charge is -2.45. The van der Waals surface area contributed by atoms with Gasteiger partial charge in [0.15, 0.2) is 5.78 Å². The van der Waals surface area contributed by atoms with E-state index < -0.39 is 0 Å². The van der Waals surface area contributed by atoms with Crippen LogP contribution in [0.5, 0.6) is 0 Å². The molecule has 1 unspecified atom stereocenters. The van der Waals surface area contributed by atoms with E-state index in [9.17, 15) is 9.18 Å². The monoisotopic (exact) mass is 407 g/mol. The summed E-state index contributed by atoms with van der Waals surface area (Å²) >= 11 is 0. The van der Waals surface area contributed by atoms with Crippen LogP contribution in [0.2, 0.25) is 0 Å². The molecular formula is C25H30FN3O. The van der Waals surface area contributed by atoms with Gasteiger partial charge >= 0.3 is 0 Å². The van der Waals surface area contributed by atoms with Crippen molar-refractivity contribution in [2.24, 2.45) is 0 Å². The first-order valence-corrected chi connectivity index (χ1v) is 11.2. The quantitative estimate of drug-likeness (QED) is 0.691. The minimum absolute atomic E-state index is 0.106. The van der Waals surface area contributed by atoms with Gasteiger partial charge in [0.1, 0.15) is 5.82 Å². The Morgan fingerprint density at radius 3 is 2.73 bits per heavy atom. The molecule has 3 heterocycles. The minimum Gasteiger partial charge on any atom is -0.371 e. The van der Waals surface area contributed by atoms with E-state index >= 15 is 0 Å². The number of rotatable bonds is 5. The number of halogens is 1. The van der Waals surface area contributed by atoms with Crippen molar-refractivity contribution in [2.75, 3.05) is 43.0 Å². The van der Waals surface area contributed by atoms with Crippen LogP contribution in [0.3, 0.4) is 0 Å². The van der Waals surface area contributed by atoms with Gasteiger partial charge in [0, 0.05) is 56.7 Å². The third-order valence-electron chi connectivity index (χ3n) is 7.19. The third-order valence-corrected chi connectivity index (χ3v) is 7.19. The molecule has 3 aliphatic rings. The Bertz CT molecular complexity index is 944. The van der Waals surface area contributed by atoms with Crippen molar-refractivity contribution < 1.29 is 9.18 Å². The maximum absolute atomic E-state index is 13.1. The molecule has 1 saturated heterocycles. The zero-order valence-electron chi connectivity index (χ0n) is 17.9. The van der Waals surface area contributed by atoms with Crippen LogP contribution in [0.25, 0.3) is 0 Å². The molecule has 0 spiro atoms. The molecule has 158 valence electrons. The second-order valence-electron chi connectivity index (χ2n) is 9.15. The Kier molecular flexibility index (Phi) is 5.02. The number of likely N-dealkylation sites (N-methyl/N-ethyl adjacent to an activating group) is 1. The van der Waals surface area contributed by atoms with E-state index in [-0.39, 0.29) is 11.6 Å². The van der Waals surface area contributed by atoms with E-state index in [1.807, 2.05) is 0 Å². The first-order valence-electron chi connectivity index (χ1n) is 11.2. The van der Waals surface area contributed by atoms with Gasteiger partial charge in [-0.3, -0.25) is 4.79 Å². The summed E-state index contributed by atoms with van der Waals surface area (Å²) in [6.07, 6.45) is 2.55. The highest BCUT2D eigenvalue weighted by Gasteiger charge is 2.46. The maximum atomic E-state index is 13.1. The highest BCUT2D eigenvalue weighted by molar-refractivity contribution is 5.95. The number of benzene rings is 2. The molecule has 3 atom stereocenters. The van der Waals surface area contributed by atoms with Gasteiger partial charge in [0.2, 0.25) is 0 Å². The largest absolute Gasteiger partial charge is 0.371 e. The summed E-state index contributed by atoms with van der Waals surface area (Å²) in [6, 6.07) is 13.8. The molecule has 0 aromatic heterocycles. The predicted molar refractivity (Wildman–Crippen MR) is 119 cm³/mol. The molecule has 2 aromatic carbocycles. The van der Waals surface area contributed by atoms with Gasteiger partial charge < -0.3 is 14.7 Å². The second kappa shape index (κ2) is 7.69. The Hall–Kier alpha value is -2.40. The number of nitrogens with zero attached hydrogens (tertiary/aromatic N) is 3. The van der Waals surface area contributed by atoms with Crippen LogP contribution >= 0.6 is 0 Å². The standard InChI is InChI=1S/C25H30FN3O/c1-17-15-27(2)23-6-3-5-20-21-16-28(14-12-22(21)29(17)25(20)23)13-4-7-24(30)18-8-10-19(26)11-9-18/h3,5-6,8-11,17,21-22H,4,7,12-16H2,1-2H3/t17?,21-,22-/m1/s1. The molecule has 0 radical (unpaired) electrons. The van der Waals surface area contributed by atoms with Crippen LogP contribution in [-0.2, 0) is 0 Å². The van der Waals surface area contributed by atoms with E-state index in [1.54, 1.807) is 12.1 Å². The lowest BCUT2D eigenvalue weighted by Crippen LogP contribution is -2.53. The topological polar surface area (TPSA) is 26.8 Å². The fourth-order valence-electron chi connectivity index (χ4n) is 5.83. The minimum atomic E-state index is -0.298. The van der Waals surface area contributed by atoms with Crippen LogP contribution in [0.1, 0.15) is 48.0 Å². The van der Waals surface area contributed by atoms with Crippen molar-refractivity contribution >= 4 is 17.2 Å². The van der Waals surface area contributed by atoms with Crippen LogP contribution in [0.4, 0.5) is 15.8 Å². The van der Waals surface area contributed by atoms with E-state index in [2.05, 4.69) is 46.9 Å². The number of piperidine rings is 1. The molecule has 30 heavy (non-hydrogen) atoms. The Balaban J connectivity index is 1.24. The lowest BCUT2D eigenvalue weighted by atomic mass is 9.88. The Labute approximate surface area is 178 Å². The number of fused-ring (bicyclic) bond motifs is 3. The number of hydrogen-bond acceptors (Lipinski definition) is 4. The SMILES string of the molecule is CC1CN(C)c2cccc3c2N1[C@@H]1CCN(CCCC(=O)c2ccc(F)cc2)C[C@H]31. The van der Waals surface area contributed by atoms with Crippen LogP contribution in [0, 0.1) is 5.82 Å².